The number of likely N-dealkylation sites (tertiary alicyclic amines) is 1. The maximum Gasteiger partial charge on any atom is 0.416 e. The number of carbonyl (C=O) groups is 2. The van der Waals surface area contributed by atoms with Gasteiger partial charge in [0.25, 0.3) is 5.91 Å². The van der Waals surface area contributed by atoms with Crippen LogP contribution in [0.1, 0.15) is 34.3 Å². The number of alkyl halides is 3. The Balaban J connectivity index is 1.23. The van der Waals surface area contributed by atoms with Gasteiger partial charge >= 0.3 is 6.18 Å². The Labute approximate surface area is 212 Å². The van der Waals surface area contributed by atoms with Gasteiger partial charge < -0.3 is 15.0 Å². The lowest BCUT2D eigenvalue weighted by Crippen LogP contribution is -2.66. The highest BCUT2D eigenvalue weighted by atomic mass is 32.2. The monoisotopic (exact) mass is 537 g/mol. The second kappa shape index (κ2) is 9.41. The number of ether oxygens (including phenoxy) is 1. The molecule has 198 valence electrons. The van der Waals surface area contributed by atoms with Crippen molar-refractivity contribution in [2.75, 3.05) is 32.8 Å². The molecule has 2 amide bonds. The first-order valence-electron chi connectivity index (χ1n) is 11.9. The first kappa shape index (κ1) is 25.7. The largest absolute Gasteiger partial charge is 0.416 e. The number of carbonyl (C=O) groups excluding carboxylic acids is 2. The van der Waals surface area contributed by atoms with Crippen LogP contribution in [0.4, 0.5) is 13.2 Å². The summed E-state index contributed by atoms with van der Waals surface area (Å²) in [6.45, 7) is 2.24. The van der Waals surface area contributed by atoms with Crippen molar-refractivity contribution in [3.05, 3.63) is 65.2 Å². The molecule has 2 aromatic carbocycles. The third-order valence-corrected chi connectivity index (χ3v) is 8.91. The number of nitrogens with one attached hydrogen (secondary N) is 1. The third kappa shape index (κ3) is 4.97. The zero-order chi connectivity index (χ0) is 26.4. The summed E-state index contributed by atoms with van der Waals surface area (Å²) in [5, 5.41) is 2.69. The van der Waals surface area contributed by atoms with Crippen LogP contribution in [0.3, 0.4) is 0 Å². The average molecular weight is 538 g/mol. The van der Waals surface area contributed by atoms with E-state index >= 15 is 0 Å². The Hall–Kier alpha value is -2.96. The van der Waals surface area contributed by atoms with E-state index in [1.165, 1.54) is 45.6 Å². The van der Waals surface area contributed by atoms with Gasteiger partial charge in [0.1, 0.15) is 6.04 Å². The van der Waals surface area contributed by atoms with Gasteiger partial charge in [-0.3, -0.25) is 9.59 Å². The number of halogens is 3. The van der Waals surface area contributed by atoms with Crippen LogP contribution >= 0.6 is 0 Å². The number of amides is 2. The molecule has 0 aromatic heterocycles. The summed E-state index contributed by atoms with van der Waals surface area (Å²) in [7, 11) is -3.75. The fourth-order valence-corrected chi connectivity index (χ4v) is 6.66. The quantitative estimate of drug-likeness (QED) is 0.612. The molecule has 3 aliphatic heterocycles. The summed E-state index contributed by atoms with van der Waals surface area (Å²) >= 11 is 0. The summed E-state index contributed by atoms with van der Waals surface area (Å²) in [5.41, 5.74) is -0.191. The van der Waals surface area contributed by atoms with Crippen LogP contribution in [-0.2, 0) is 32.3 Å². The van der Waals surface area contributed by atoms with Crippen molar-refractivity contribution in [1.82, 2.24) is 14.5 Å². The van der Waals surface area contributed by atoms with Crippen molar-refractivity contribution in [3.63, 3.8) is 0 Å². The summed E-state index contributed by atoms with van der Waals surface area (Å²) in [6, 6.07) is 9.57. The number of hydrogen-bond donors (Lipinski definition) is 1. The topological polar surface area (TPSA) is 96.0 Å². The maximum absolute atomic E-state index is 13.3. The van der Waals surface area contributed by atoms with Crippen molar-refractivity contribution in [1.29, 1.82) is 0 Å². The minimum absolute atomic E-state index is 0.0194. The maximum atomic E-state index is 13.3. The smallest absolute Gasteiger partial charge is 0.380 e. The van der Waals surface area contributed by atoms with Crippen LogP contribution in [0.15, 0.2) is 53.4 Å². The number of nitrogens with zero attached hydrogens (tertiary/aromatic N) is 2. The van der Waals surface area contributed by atoms with Crippen molar-refractivity contribution in [2.24, 2.45) is 5.41 Å². The molecule has 12 heteroatoms. The van der Waals surface area contributed by atoms with Crippen LogP contribution in [0, 0.1) is 5.41 Å². The van der Waals surface area contributed by atoms with E-state index in [2.05, 4.69) is 5.32 Å². The normalized spacial score (nSPS) is 21.4. The van der Waals surface area contributed by atoms with E-state index in [9.17, 15) is 31.2 Å². The first-order chi connectivity index (χ1) is 17.5. The van der Waals surface area contributed by atoms with E-state index in [4.69, 9.17) is 4.74 Å². The van der Waals surface area contributed by atoms with Gasteiger partial charge in [-0.2, -0.15) is 17.5 Å². The molecule has 3 heterocycles. The summed E-state index contributed by atoms with van der Waals surface area (Å²) < 4.78 is 70.9. The number of sulfonamides is 1. The van der Waals surface area contributed by atoms with E-state index in [0.29, 0.717) is 51.3 Å². The summed E-state index contributed by atoms with van der Waals surface area (Å²) in [4.78, 5) is 27.6. The molecule has 8 nitrogen and oxygen atoms in total. The standard InChI is InChI=1S/C25H26F3N3O5S/c26-25(27,28)19-8-6-17(7-9-19)12-29-22(32)21-5-2-10-31(21)23(33)18-3-1-4-20(11-18)37(34,35)30-13-24(14-30)15-36-16-24/h1,3-4,6-9,11,21H,2,5,10,12-16H2,(H,29,32). The zero-order valence-corrected chi connectivity index (χ0v) is 20.6. The molecule has 3 fully saturated rings. The molecule has 2 aromatic rings. The SMILES string of the molecule is O=C(NCc1ccc(C(F)(F)F)cc1)C1CCCN1C(=O)c1cccc(S(=O)(=O)N2CC3(COC3)C2)c1. The van der Waals surface area contributed by atoms with Crippen LogP contribution in [0.25, 0.3) is 0 Å². The van der Waals surface area contributed by atoms with E-state index in [0.717, 1.165) is 12.1 Å². The van der Waals surface area contributed by atoms with Crippen LogP contribution in [-0.4, -0.2) is 68.3 Å². The minimum atomic E-state index is -4.44. The molecule has 3 aliphatic rings. The molecule has 0 radical (unpaired) electrons. The third-order valence-electron chi connectivity index (χ3n) is 7.12. The Kier molecular flexibility index (Phi) is 6.53. The number of rotatable bonds is 6. The van der Waals surface area contributed by atoms with Gasteiger partial charge in [0.05, 0.1) is 23.7 Å². The van der Waals surface area contributed by atoms with E-state index in [-0.39, 0.29) is 22.4 Å². The lowest BCUT2D eigenvalue weighted by molar-refractivity contribution is -0.166. The predicted molar refractivity (Wildman–Crippen MR) is 126 cm³/mol. The number of hydrogen-bond acceptors (Lipinski definition) is 5. The second-order valence-electron chi connectivity index (χ2n) is 9.86. The molecule has 0 bridgehead atoms. The van der Waals surface area contributed by atoms with Crippen LogP contribution in [0.5, 0.6) is 0 Å². The average Bonchev–Trinajstić information content (AvgIpc) is 3.30. The zero-order valence-electron chi connectivity index (χ0n) is 19.8. The molecule has 1 N–H and O–H groups in total. The summed E-state index contributed by atoms with van der Waals surface area (Å²) in [5.74, 6) is -0.861. The van der Waals surface area contributed by atoms with Crippen LogP contribution in [0.2, 0.25) is 0 Å². The Bertz CT molecular complexity index is 1300. The fourth-order valence-electron chi connectivity index (χ4n) is 4.95. The minimum Gasteiger partial charge on any atom is -0.380 e. The predicted octanol–water partition coefficient (Wildman–Crippen LogP) is 2.65. The van der Waals surface area contributed by atoms with Crippen molar-refractivity contribution >= 4 is 21.8 Å². The highest BCUT2D eigenvalue weighted by Crippen LogP contribution is 2.40. The van der Waals surface area contributed by atoms with Crippen molar-refractivity contribution in [2.45, 2.75) is 36.5 Å². The molecule has 5 rings (SSSR count). The van der Waals surface area contributed by atoms with E-state index in [1.54, 1.807) is 0 Å². The molecular weight excluding hydrogens is 511 g/mol. The molecule has 3 saturated heterocycles. The number of benzene rings is 2. The summed E-state index contributed by atoms with van der Waals surface area (Å²) in [6.07, 6.45) is -3.41. The fraction of sp³-hybridized carbons (Fsp3) is 0.440. The molecule has 37 heavy (non-hydrogen) atoms. The Morgan fingerprint density at radius 1 is 1.08 bits per heavy atom. The lowest BCUT2D eigenvalue weighted by atomic mass is 9.80. The van der Waals surface area contributed by atoms with Crippen molar-refractivity contribution < 1.29 is 35.9 Å². The van der Waals surface area contributed by atoms with Gasteiger partial charge in [0.2, 0.25) is 15.9 Å². The Morgan fingerprint density at radius 3 is 2.41 bits per heavy atom. The molecule has 1 unspecified atom stereocenters. The van der Waals surface area contributed by atoms with E-state index in [1.807, 2.05) is 0 Å². The molecule has 1 atom stereocenters. The van der Waals surface area contributed by atoms with E-state index < -0.39 is 39.6 Å². The molecule has 0 saturated carbocycles. The lowest BCUT2D eigenvalue weighted by Gasteiger charge is -2.53. The molecular formula is C25H26F3N3O5S. The molecule has 0 aliphatic carbocycles. The van der Waals surface area contributed by atoms with Gasteiger partial charge in [0.15, 0.2) is 0 Å². The highest BCUT2D eigenvalue weighted by Gasteiger charge is 2.53. The van der Waals surface area contributed by atoms with Gasteiger partial charge in [-0.1, -0.05) is 18.2 Å². The van der Waals surface area contributed by atoms with Gasteiger partial charge in [-0.15, -0.1) is 0 Å². The van der Waals surface area contributed by atoms with Crippen molar-refractivity contribution in [3.8, 4) is 0 Å². The van der Waals surface area contributed by atoms with Gasteiger partial charge in [-0.25, -0.2) is 8.42 Å². The first-order valence-corrected chi connectivity index (χ1v) is 13.4. The Morgan fingerprint density at radius 2 is 1.78 bits per heavy atom. The van der Waals surface area contributed by atoms with Gasteiger partial charge in [0, 0.05) is 37.2 Å². The highest BCUT2D eigenvalue weighted by molar-refractivity contribution is 7.89. The van der Waals surface area contributed by atoms with Crippen LogP contribution < -0.4 is 5.32 Å². The molecule has 1 spiro atoms. The van der Waals surface area contributed by atoms with Gasteiger partial charge in [-0.05, 0) is 48.7 Å². The second-order valence-corrected chi connectivity index (χ2v) is 11.8.